The van der Waals surface area contributed by atoms with Gasteiger partial charge in [-0.3, -0.25) is 4.90 Å². The Kier molecular flexibility index (Phi) is 3.15. The Bertz CT molecular complexity index is 206. The largest absolute Gasteiger partial charge is 0.390 e. The summed E-state index contributed by atoms with van der Waals surface area (Å²) in [6, 6.07) is 2.04. The maximum absolute atomic E-state index is 11.8. The lowest BCUT2D eigenvalue weighted by Gasteiger charge is -2.39. The van der Waals surface area contributed by atoms with E-state index < -0.39 is 12.6 Å². The molecule has 0 saturated carbocycles. The van der Waals surface area contributed by atoms with Gasteiger partial charge >= 0.3 is 6.18 Å². The van der Waals surface area contributed by atoms with Crippen molar-refractivity contribution in [3.05, 3.63) is 0 Å². The highest BCUT2D eigenvalue weighted by atomic mass is 19.4. The number of alkyl halides is 3. The Hall–Kier alpha value is -0.760. The van der Waals surface area contributed by atoms with Gasteiger partial charge in [0.1, 0.15) is 0 Å². The average molecular weight is 192 g/mol. The second-order valence-electron chi connectivity index (χ2n) is 3.21. The number of likely N-dealkylation sites (tertiary alicyclic amines) is 1. The van der Waals surface area contributed by atoms with Crippen LogP contribution in [-0.2, 0) is 0 Å². The van der Waals surface area contributed by atoms with Crippen LogP contribution in [0, 0.1) is 11.3 Å². The zero-order valence-corrected chi connectivity index (χ0v) is 7.14. The van der Waals surface area contributed by atoms with Crippen LogP contribution in [0.15, 0.2) is 0 Å². The molecule has 13 heavy (non-hydrogen) atoms. The van der Waals surface area contributed by atoms with Crippen LogP contribution in [0.3, 0.4) is 0 Å². The molecule has 0 aliphatic carbocycles. The summed E-state index contributed by atoms with van der Waals surface area (Å²) in [4.78, 5) is 1.72. The summed E-state index contributed by atoms with van der Waals surface area (Å²) in [7, 11) is 0. The molecule has 0 radical (unpaired) electrons. The van der Waals surface area contributed by atoms with E-state index in [4.69, 9.17) is 5.26 Å². The average Bonchev–Trinajstić information content (AvgIpc) is 1.96. The maximum atomic E-state index is 11.8. The van der Waals surface area contributed by atoms with Crippen LogP contribution in [0.5, 0.6) is 0 Å². The highest BCUT2D eigenvalue weighted by molar-refractivity contribution is 4.90. The van der Waals surface area contributed by atoms with Gasteiger partial charge in [-0.25, -0.2) is 0 Å². The van der Waals surface area contributed by atoms with Crippen LogP contribution >= 0.6 is 0 Å². The molecule has 74 valence electrons. The van der Waals surface area contributed by atoms with Crippen molar-refractivity contribution in [3.63, 3.8) is 0 Å². The van der Waals surface area contributed by atoms with E-state index in [-0.39, 0.29) is 12.6 Å². The van der Waals surface area contributed by atoms with Crippen LogP contribution in [0.25, 0.3) is 0 Å². The van der Waals surface area contributed by atoms with E-state index in [2.05, 4.69) is 0 Å². The summed E-state index contributed by atoms with van der Waals surface area (Å²) in [5.74, 6) is 0. The first-order valence-corrected chi connectivity index (χ1v) is 4.20. The molecule has 0 aromatic heterocycles. The van der Waals surface area contributed by atoms with Crippen molar-refractivity contribution in [2.45, 2.75) is 31.5 Å². The molecule has 2 nitrogen and oxygen atoms in total. The van der Waals surface area contributed by atoms with Crippen molar-refractivity contribution in [1.82, 2.24) is 4.90 Å². The summed E-state index contributed by atoms with van der Waals surface area (Å²) in [6.45, 7) is 0.734. The molecule has 1 rings (SSSR count). The SMILES string of the molecule is N#CCC1CCN1CCC(F)(F)F. The molecule has 0 amide bonds. The predicted molar refractivity (Wildman–Crippen MR) is 40.9 cm³/mol. The van der Waals surface area contributed by atoms with E-state index in [0.717, 1.165) is 6.42 Å². The molecule has 1 saturated heterocycles. The van der Waals surface area contributed by atoms with Crippen molar-refractivity contribution in [3.8, 4) is 6.07 Å². The molecule has 0 spiro atoms. The second-order valence-corrected chi connectivity index (χ2v) is 3.21. The molecule has 1 aliphatic rings. The number of nitrogens with zero attached hydrogens (tertiary/aromatic N) is 2. The lowest BCUT2D eigenvalue weighted by molar-refractivity contribution is -0.141. The Labute approximate surface area is 74.9 Å². The smallest absolute Gasteiger partial charge is 0.299 e. The van der Waals surface area contributed by atoms with E-state index in [1.807, 2.05) is 6.07 Å². The van der Waals surface area contributed by atoms with Crippen molar-refractivity contribution in [2.24, 2.45) is 0 Å². The third kappa shape index (κ3) is 3.23. The van der Waals surface area contributed by atoms with E-state index in [1.165, 1.54) is 0 Å². The molecule has 0 bridgehead atoms. The molecular weight excluding hydrogens is 181 g/mol. The lowest BCUT2D eigenvalue weighted by Crippen LogP contribution is -2.48. The molecule has 1 unspecified atom stereocenters. The summed E-state index contributed by atoms with van der Waals surface area (Å²) < 4.78 is 35.4. The fourth-order valence-corrected chi connectivity index (χ4v) is 1.40. The third-order valence-corrected chi connectivity index (χ3v) is 2.28. The van der Waals surface area contributed by atoms with E-state index in [1.54, 1.807) is 4.90 Å². The number of halogens is 3. The number of rotatable bonds is 3. The number of hydrogen-bond donors (Lipinski definition) is 0. The van der Waals surface area contributed by atoms with Crippen molar-refractivity contribution >= 4 is 0 Å². The van der Waals surface area contributed by atoms with Crippen LogP contribution < -0.4 is 0 Å². The van der Waals surface area contributed by atoms with Gasteiger partial charge < -0.3 is 0 Å². The first-order chi connectivity index (χ1) is 6.03. The molecule has 1 aliphatic heterocycles. The van der Waals surface area contributed by atoms with Crippen molar-refractivity contribution in [1.29, 1.82) is 5.26 Å². The first-order valence-electron chi connectivity index (χ1n) is 4.20. The van der Waals surface area contributed by atoms with Gasteiger partial charge in [0.25, 0.3) is 0 Å². The number of nitriles is 1. The van der Waals surface area contributed by atoms with Gasteiger partial charge in [0, 0.05) is 12.6 Å². The molecular formula is C8H11F3N2. The molecule has 5 heteroatoms. The quantitative estimate of drug-likeness (QED) is 0.683. The highest BCUT2D eigenvalue weighted by Gasteiger charge is 2.33. The van der Waals surface area contributed by atoms with Gasteiger partial charge in [-0.15, -0.1) is 0 Å². The summed E-state index contributed by atoms with van der Waals surface area (Å²) in [6.07, 6.45) is -3.65. The van der Waals surface area contributed by atoms with Crippen LogP contribution in [0.1, 0.15) is 19.3 Å². The monoisotopic (exact) mass is 192 g/mol. The molecule has 1 fully saturated rings. The van der Waals surface area contributed by atoms with Gasteiger partial charge in [-0.2, -0.15) is 18.4 Å². The van der Waals surface area contributed by atoms with Crippen molar-refractivity contribution < 1.29 is 13.2 Å². The summed E-state index contributed by atoms with van der Waals surface area (Å²) in [5, 5.41) is 8.35. The van der Waals surface area contributed by atoms with Gasteiger partial charge in [0.05, 0.1) is 18.9 Å². The van der Waals surface area contributed by atoms with Gasteiger partial charge in [0.2, 0.25) is 0 Å². The fraction of sp³-hybridized carbons (Fsp3) is 0.875. The summed E-state index contributed by atoms with van der Waals surface area (Å²) >= 11 is 0. The Morgan fingerprint density at radius 1 is 1.46 bits per heavy atom. The predicted octanol–water partition coefficient (Wildman–Crippen LogP) is 1.93. The topological polar surface area (TPSA) is 27.0 Å². The Balaban J connectivity index is 2.20. The lowest BCUT2D eigenvalue weighted by atomic mass is 10.00. The minimum atomic E-state index is -4.08. The zero-order chi connectivity index (χ0) is 9.90. The standard InChI is InChI=1S/C8H11F3N2/c9-8(10,11)3-6-13-5-2-7(13)1-4-12/h7H,1-3,5-6H2. The maximum Gasteiger partial charge on any atom is 0.390 e. The minimum absolute atomic E-state index is 0.0375. The third-order valence-electron chi connectivity index (χ3n) is 2.28. The van der Waals surface area contributed by atoms with Gasteiger partial charge in [0.15, 0.2) is 0 Å². The van der Waals surface area contributed by atoms with Gasteiger partial charge in [-0.05, 0) is 13.0 Å². The van der Waals surface area contributed by atoms with Crippen LogP contribution in [0.2, 0.25) is 0 Å². The zero-order valence-electron chi connectivity index (χ0n) is 7.14. The first kappa shape index (κ1) is 10.3. The second kappa shape index (κ2) is 3.97. The van der Waals surface area contributed by atoms with E-state index >= 15 is 0 Å². The molecule has 0 aromatic carbocycles. The fourth-order valence-electron chi connectivity index (χ4n) is 1.40. The van der Waals surface area contributed by atoms with Crippen LogP contribution in [-0.4, -0.2) is 30.2 Å². The summed E-state index contributed by atoms with van der Waals surface area (Å²) in [5.41, 5.74) is 0. The van der Waals surface area contributed by atoms with E-state index in [0.29, 0.717) is 13.0 Å². The molecule has 1 heterocycles. The Morgan fingerprint density at radius 3 is 2.54 bits per heavy atom. The molecule has 1 atom stereocenters. The number of hydrogen-bond acceptors (Lipinski definition) is 2. The Morgan fingerprint density at radius 2 is 2.15 bits per heavy atom. The normalized spacial score (nSPS) is 23.7. The van der Waals surface area contributed by atoms with Crippen LogP contribution in [0.4, 0.5) is 13.2 Å². The minimum Gasteiger partial charge on any atom is -0.299 e. The van der Waals surface area contributed by atoms with E-state index in [9.17, 15) is 13.2 Å². The highest BCUT2D eigenvalue weighted by Crippen LogP contribution is 2.25. The molecule has 0 aromatic rings. The van der Waals surface area contributed by atoms with Crippen molar-refractivity contribution in [2.75, 3.05) is 13.1 Å². The molecule has 0 N–H and O–H groups in total. The van der Waals surface area contributed by atoms with Gasteiger partial charge in [-0.1, -0.05) is 0 Å².